The van der Waals surface area contributed by atoms with Crippen molar-refractivity contribution in [1.29, 1.82) is 0 Å². The second kappa shape index (κ2) is 11.5. The van der Waals surface area contributed by atoms with E-state index in [-0.39, 0.29) is 11.7 Å². The second-order valence-electron chi connectivity index (χ2n) is 7.06. The Bertz CT molecular complexity index is 1260. The van der Waals surface area contributed by atoms with Crippen LogP contribution in [0.25, 0.3) is 17.1 Å². The van der Waals surface area contributed by atoms with Crippen LogP contribution in [0.3, 0.4) is 0 Å². The largest absolute Gasteiger partial charge is 0.497 e. The van der Waals surface area contributed by atoms with Crippen molar-refractivity contribution < 1.29 is 9.53 Å². The highest BCUT2D eigenvalue weighted by molar-refractivity contribution is 7.99. The van der Waals surface area contributed by atoms with Crippen LogP contribution in [-0.4, -0.2) is 46.0 Å². The Hall–Kier alpha value is -3.56. The van der Waals surface area contributed by atoms with Gasteiger partial charge < -0.3 is 4.74 Å². The molecular weight excluding hydrogens is 466 g/mol. The van der Waals surface area contributed by atoms with Crippen LogP contribution in [-0.2, 0) is 4.79 Å². The first-order chi connectivity index (χ1) is 16.7. The second-order valence-corrected chi connectivity index (χ2v) is 8.88. The normalized spacial score (nSPS) is 11.0. The molecule has 3 aromatic carbocycles. The number of thioether (sulfide) groups is 2. The first kappa shape index (κ1) is 23.6. The molecular formula is C25H23N5O2S2. The molecule has 0 saturated heterocycles. The van der Waals surface area contributed by atoms with Crippen molar-refractivity contribution in [3.8, 4) is 22.8 Å². The third-order valence-electron chi connectivity index (χ3n) is 4.85. The third-order valence-corrected chi connectivity index (χ3v) is 6.52. The van der Waals surface area contributed by atoms with Gasteiger partial charge in [-0.3, -0.25) is 9.36 Å². The summed E-state index contributed by atoms with van der Waals surface area (Å²) in [4.78, 5) is 13.6. The van der Waals surface area contributed by atoms with E-state index in [9.17, 15) is 4.79 Å². The van der Waals surface area contributed by atoms with Crippen molar-refractivity contribution in [3.05, 3.63) is 84.4 Å². The topological polar surface area (TPSA) is 81.4 Å². The van der Waals surface area contributed by atoms with Gasteiger partial charge in [-0.2, -0.15) is 5.10 Å². The number of rotatable bonds is 9. The van der Waals surface area contributed by atoms with E-state index in [1.165, 1.54) is 16.7 Å². The van der Waals surface area contributed by atoms with Crippen LogP contribution >= 0.6 is 23.5 Å². The number of hydrazone groups is 1. The van der Waals surface area contributed by atoms with Crippen LogP contribution in [0.15, 0.2) is 94.0 Å². The van der Waals surface area contributed by atoms with Crippen molar-refractivity contribution in [1.82, 2.24) is 20.2 Å². The molecule has 0 fully saturated rings. The van der Waals surface area contributed by atoms with E-state index in [1.807, 2.05) is 89.7 Å². The van der Waals surface area contributed by atoms with Gasteiger partial charge in [0, 0.05) is 16.1 Å². The molecule has 1 aromatic heterocycles. The lowest BCUT2D eigenvalue weighted by atomic mass is 10.2. The molecule has 0 bridgehead atoms. The summed E-state index contributed by atoms with van der Waals surface area (Å²) >= 11 is 2.98. The van der Waals surface area contributed by atoms with E-state index in [0.29, 0.717) is 11.0 Å². The molecule has 0 aliphatic heterocycles. The van der Waals surface area contributed by atoms with Gasteiger partial charge in [0.05, 0.1) is 19.1 Å². The van der Waals surface area contributed by atoms with E-state index >= 15 is 0 Å². The molecule has 1 N–H and O–H groups in total. The lowest BCUT2D eigenvalue weighted by Crippen LogP contribution is -2.20. The summed E-state index contributed by atoms with van der Waals surface area (Å²) in [5, 5.41) is 13.4. The molecule has 0 aliphatic rings. The van der Waals surface area contributed by atoms with Crippen molar-refractivity contribution in [2.45, 2.75) is 10.1 Å². The van der Waals surface area contributed by atoms with Gasteiger partial charge in [-0.1, -0.05) is 42.1 Å². The molecule has 0 radical (unpaired) electrons. The molecule has 0 atom stereocenters. The number of methoxy groups -OCH3 is 1. The van der Waals surface area contributed by atoms with Crippen LogP contribution < -0.4 is 10.2 Å². The van der Waals surface area contributed by atoms with E-state index in [2.05, 4.69) is 20.7 Å². The minimum Gasteiger partial charge on any atom is -0.497 e. The average molecular weight is 490 g/mol. The maximum Gasteiger partial charge on any atom is 0.250 e. The number of ether oxygens (including phenoxy) is 1. The Labute approximate surface area is 206 Å². The highest BCUT2D eigenvalue weighted by Crippen LogP contribution is 2.28. The van der Waals surface area contributed by atoms with E-state index in [1.54, 1.807) is 25.1 Å². The van der Waals surface area contributed by atoms with Gasteiger partial charge >= 0.3 is 0 Å². The van der Waals surface area contributed by atoms with Gasteiger partial charge in [-0.25, -0.2) is 5.43 Å². The van der Waals surface area contributed by atoms with E-state index in [0.717, 1.165) is 22.6 Å². The summed E-state index contributed by atoms with van der Waals surface area (Å²) < 4.78 is 7.20. The molecule has 172 valence electrons. The molecule has 0 unspecified atom stereocenters. The Morgan fingerprint density at radius 2 is 1.76 bits per heavy atom. The van der Waals surface area contributed by atoms with Crippen LogP contribution in [0.4, 0.5) is 0 Å². The lowest BCUT2D eigenvalue weighted by molar-refractivity contribution is -0.118. The summed E-state index contributed by atoms with van der Waals surface area (Å²) in [5.74, 6) is 1.37. The Morgan fingerprint density at radius 1 is 1.03 bits per heavy atom. The van der Waals surface area contributed by atoms with Gasteiger partial charge in [0.2, 0.25) is 0 Å². The summed E-state index contributed by atoms with van der Waals surface area (Å²) in [7, 11) is 1.63. The summed E-state index contributed by atoms with van der Waals surface area (Å²) in [6.45, 7) is 0. The predicted molar refractivity (Wildman–Crippen MR) is 138 cm³/mol. The highest BCUT2D eigenvalue weighted by Gasteiger charge is 2.17. The number of nitrogens with zero attached hydrogens (tertiary/aromatic N) is 4. The molecule has 1 amide bonds. The lowest BCUT2D eigenvalue weighted by Gasteiger charge is -2.10. The summed E-state index contributed by atoms with van der Waals surface area (Å²) in [6, 6.07) is 25.4. The first-order valence-corrected chi connectivity index (χ1v) is 12.6. The zero-order valence-electron chi connectivity index (χ0n) is 18.7. The summed E-state index contributed by atoms with van der Waals surface area (Å²) in [5.41, 5.74) is 5.29. The maximum absolute atomic E-state index is 12.4. The molecule has 0 spiro atoms. The average Bonchev–Trinajstić information content (AvgIpc) is 3.32. The highest BCUT2D eigenvalue weighted by atomic mass is 32.2. The fourth-order valence-corrected chi connectivity index (χ4v) is 4.28. The first-order valence-electron chi connectivity index (χ1n) is 10.4. The zero-order valence-corrected chi connectivity index (χ0v) is 20.3. The van der Waals surface area contributed by atoms with Crippen molar-refractivity contribution in [3.63, 3.8) is 0 Å². The number of carbonyl (C=O) groups excluding carboxylic acids is 1. The molecule has 34 heavy (non-hydrogen) atoms. The Balaban J connectivity index is 1.47. The number of carbonyl (C=O) groups is 1. The number of para-hydroxylation sites is 1. The molecule has 4 aromatic rings. The standard InChI is InChI=1S/C25H23N5O2S2/c1-32-21-12-10-19(11-13-21)24-28-29-25(30(24)20-6-4-3-5-7-20)34-17-23(31)27-26-16-18-8-14-22(33-2)15-9-18/h3-16H,17H2,1-2H3,(H,27,31). The van der Waals surface area contributed by atoms with Crippen LogP contribution in [0.1, 0.15) is 5.56 Å². The number of hydrogen-bond acceptors (Lipinski definition) is 7. The Morgan fingerprint density at radius 3 is 2.44 bits per heavy atom. The minimum atomic E-state index is -0.226. The number of benzene rings is 3. The predicted octanol–water partition coefficient (Wildman–Crippen LogP) is 4.91. The maximum atomic E-state index is 12.4. The third kappa shape index (κ3) is 5.86. The zero-order chi connectivity index (χ0) is 23.8. The fourth-order valence-electron chi connectivity index (χ4n) is 3.13. The smallest absolute Gasteiger partial charge is 0.250 e. The van der Waals surface area contributed by atoms with Gasteiger partial charge in [0.15, 0.2) is 11.0 Å². The van der Waals surface area contributed by atoms with Crippen molar-refractivity contribution in [2.75, 3.05) is 19.1 Å². The molecule has 1 heterocycles. The minimum absolute atomic E-state index is 0.149. The molecule has 9 heteroatoms. The number of amides is 1. The van der Waals surface area contributed by atoms with Gasteiger partial charge in [0.25, 0.3) is 5.91 Å². The summed E-state index contributed by atoms with van der Waals surface area (Å²) in [6.07, 6.45) is 3.65. The quantitative estimate of drug-likeness (QED) is 0.204. The van der Waals surface area contributed by atoms with Crippen molar-refractivity contribution >= 4 is 35.6 Å². The van der Waals surface area contributed by atoms with Crippen LogP contribution in [0.2, 0.25) is 0 Å². The van der Waals surface area contributed by atoms with Gasteiger partial charge in [-0.05, 0) is 60.4 Å². The fraction of sp³-hybridized carbons (Fsp3) is 0.120. The molecule has 4 rings (SSSR count). The molecule has 0 saturated carbocycles. The van der Waals surface area contributed by atoms with Gasteiger partial charge in [-0.15, -0.1) is 22.0 Å². The molecule has 7 nitrogen and oxygen atoms in total. The van der Waals surface area contributed by atoms with E-state index in [4.69, 9.17) is 4.74 Å². The van der Waals surface area contributed by atoms with E-state index < -0.39 is 0 Å². The number of hydrogen-bond donors (Lipinski definition) is 1. The monoisotopic (exact) mass is 489 g/mol. The van der Waals surface area contributed by atoms with Crippen LogP contribution in [0, 0.1) is 0 Å². The van der Waals surface area contributed by atoms with Gasteiger partial charge in [0.1, 0.15) is 5.75 Å². The Kier molecular flexibility index (Phi) is 8.00. The SMILES string of the molecule is COc1ccc(-c2nnc(SCC(=O)NN=Cc3ccc(SC)cc3)n2-c2ccccc2)cc1. The van der Waals surface area contributed by atoms with Crippen molar-refractivity contribution in [2.24, 2.45) is 5.10 Å². The number of aromatic nitrogens is 3. The number of nitrogens with one attached hydrogen (secondary N) is 1. The van der Waals surface area contributed by atoms with Crippen LogP contribution in [0.5, 0.6) is 5.75 Å². The molecule has 0 aliphatic carbocycles.